The number of pyridine rings is 2. The summed E-state index contributed by atoms with van der Waals surface area (Å²) in [4.78, 5) is 27.1. The lowest BCUT2D eigenvalue weighted by Crippen LogP contribution is -2.33. The summed E-state index contributed by atoms with van der Waals surface area (Å²) in [6.07, 6.45) is 2.70. The smallest absolute Gasteiger partial charge is 0.272 e. The molecule has 1 amide bonds. The summed E-state index contributed by atoms with van der Waals surface area (Å²) in [5.74, 6) is -0.315. The number of aromatic amines is 1. The minimum atomic E-state index is -0.267. The molecule has 2 N–H and O–H groups in total. The molecule has 1 atom stereocenters. The first-order valence-electron chi connectivity index (χ1n) is 10.3. The van der Waals surface area contributed by atoms with Crippen LogP contribution in [0.2, 0.25) is 0 Å². The molecule has 3 aromatic heterocycles. The Hall–Kier alpha value is -3.58. The van der Waals surface area contributed by atoms with Crippen LogP contribution < -0.4 is 5.32 Å². The summed E-state index contributed by atoms with van der Waals surface area (Å²) in [6, 6.07) is 16.1. The van der Waals surface area contributed by atoms with Gasteiger partial charge >= 0.3 is 0 Å². The van der Waals surface area contributed by atoms with Crippen LogP contribution in [0.15, 0.2) is 60.8 Å². The van der Waals surface area contributed by atoms with Crippen molar-refractivity contribution < 1.29 is 9.18 Å². The number of likely N-dealkylation sites (tertiary alicyclic amines) is 1. The fraction of sp³-hybridized carbons (Fsp3) is 0.208. The predicted octanol–water partition coefficient (Wildman–Crippen LogP) is 3.86. The Kier molecular flexibility index (Phi) is 4.95. The molecule has 0 radical (unpaired) electrons. The van der Waals surface area contributed by atoms with Gasteiger partial charge in [0.1, 0.15) is 17.2 Å². The molecule has 1 fully saturated rings. The standard InChI is InChI=1S/C24H22FN5O/c1-26-19-9-10-30(14-19)24(31)21-4-2-3-20(28-21)17-11-16-12-22(29-23(16)27-13-17)15-5-7-18(25)8-6-15/h2-8,11-13,19,26H,9-10,14H2,1H3,(H,27,29). The Bertz CT molecular complexity index is 1250. The number of hydrogen-bond donors (Lipinski definition) is 2. The topological polar surface area (TPSA) is 73.9 Å². The van der Waals surface area contributed by atoms with Gasteiger partial charge in [0, 0.05) is 42.0 Å². The molecule has 7 heteroatoms. The van der Waals surface area contributed by atoms with E-state index in [2.05, 4.69) is 20.3 Å². The van der Waals surface area contributed by atoms with Crippen LogP contribution in [0.3, 0.4) is 0 Å². The highest BCUT2D eigenvalue weighted by atomic mass is 19.1. The number of carbonyl (C=O) groups is 1. The second kappa shape index (κ2) is 7.92. The highest BCUT2D eigenvalue weighted by Gasteiger charge is 2.26. The fourth-order valence-corrected chi connectivity index (χ4v) is 4.00. The number of likely N-dealkylation sites (N-methyl/N-ethyl adjacent to an activating group) is 1. The van der Waals surface area contributed by atoms with E-state index in [1.165, 1.54) is 12.1 Å². The monoisotopic (exact) mass is 415 g/mol. The molecule has 31 heavy (non-hydrogen) atoms. The molecule has 4 aromatic rings. The zero-order chi connectivity index (χ0) is 21.4. The number of rotatable bonds is 4. The van der Waals surface area contributed by atoms with Gasteiger partial charge in [0.2, 0.25) is 0 Å². The Balaban J connectivity index is 1.43. The predicted molar refractivity (Wildman–Crippen MR) is 118 cm³/mol. The van der Waals surface area contributed by atoms with Crippen LogP contribution in [0.25, 0.3) is 33.5 Å². The summed E-state index contributed by atoms with van der Waals surface area (Å²) in [6.45, 7) is 1.43. The third-order valence-electron chi connectivity index (χ3n) is 5.77. The Morgan fingerprint density at radius 3 is 2.77 bits per heavy atom. The molecule has 1 aromatic carbocycles. The van der Waals surface area contributed by atoms with Crippen LogP contribution in [0.5, 0.6) is 0 Å². The average Bonchev–Trinajstić information content (AvgIpc) is 3.46. The first-order valence-corrected chi connectivity index (χ1v) is 10.3. The van der Waals surface area contributed by atoms with Gasteiger partial charge in [-0.3, -0.25) is 4.79 Å². The molecule has 5 rings (SSSR count). The van der Waals surface area contributed by atoms with Gasteiger partial charge in [-0.1, -0.05) is 6.07 Å². The molecule has 4 heterocycles. The number of halogens is 1. The van der Waals surface area contributed by atoms with Crippen molar-refractivity contribution in [1.82, 2.24) is 25.2 Å². The zero-order valence-corrected chi connectivity index (χ0v) is 17.1. The molecule has 0 spiro atoms. The van der Waals surface area contributed by atoms with Crippen molar-refractivity contribution in [2.45, 2.75) is 12.5 Å². The molecule has 1 aliphatic heterocycles. The van der Waals surface area contributed by atoms with Crippen LogP contribution in [0.4, 0.5) is 4.39 Å². The van der Waals surface area contributed by atoms with Gasteiger partial charge in [0.15, 0.2) is 0 Å². The first kappa shape index (κ1) is 19.4. The van der Waals surface area contributed by atoms with E-state index in [1.807, 2.05) is 36.2 Å². The summed E-state index contributed by atoms with van der Waals surface area (Å²) < 4.78 is 13.2. The maximum Gasteiger partial charge on any atom is 0.272 e. The number of H-pyrrole nitrogens is 1. The van der Waals surface area contributed by atoms with Gasteiger partial charge in [0.25, 0.3) is 5.91 Å². The first-order chi connectivity index (χ1) is 15.1. The Morgan fingerprint density at radius 2 is 2.00 bits per heavy atom. The quantitative estimate of drug-likeness (QED) is 0.531. The van der Waals surface area contributed by atoms with E-state index in [-0.39, 0.29) is 11.7 Å². The number of nitrogens with one attached hydrogen (secondary N) is 2. The van der Waals surface area contributed by atoms with Crippen LogP contribution in [0, 0.1) is 5.82 Å². The SMILES string of the molecule is CNC1CCN(C(=O)c2cccc(-c3cnc4[nH]c(-c5ccc(F)cc5)cc4c3)n2)C1. The zero-order valence-electron chi connectivity index (χ0n) is 17.1. The molecule has 1 unspecified atom stereocenters. The van der Waals surface area contributed by atoms with E-state index in [1.54, 1.807) is 24.4 Å². The van der Waals surface area contributed by atoms with Crippen molar-refractivity contribution in [3.8, 4) is 22.5 Å². The second-order valence-corrected chi connectivity index (χ2v) is 7.79. The van der Waals surface area contributed by atoms with Gasteiger partial charge in [-0.05, 0) is 67.6 Å². The number of amides is 1. The minimum Gasteiger partial charge on any atom is -0.339 e. The number of hydrogen-bond acceptors (Lipinski definition) is 4. The second-order valence-electron chi connectivity index (χ2n) is 7.79. The van der Waals surface area contributed by atoms with E-state index in [0.717, 1.165) is 40.8 Å². The largest absolute Gasteiger partial charge is 0.339 e. The molecular weight excluding hydrogens is 393 g/mol. The molecule has 0 aliphatic carbocycles. The number of carbonyl (C=O) groups excluding carboxylic acids is 1. The van der Waals surface area contributed by atoms with Crippen LogP contribution >= 0.6 is 0 Å². The third-order valence-corrected chi connectivity index (χ3v) is 5.77. The summed E-state index contributed by atoms with van der Waals surface area (Å²) >= 11 is 0. The summed E-state index contributed by atoms with van der Waals surface area (Å²) in [7, 11) is 1.92. The van der Waals surface area contributed by atoms with Gasteiger partial charge in [0.05, 0.1) is 5.69 Å². The van der Waals surface area contributed by atoms with Gasteiger partial charge < -0.3 is 15.2 Å². The summed E-state index contributed by atoms with van der Waals surface area (Å²) in [5.41, 5.74) is 4.47. The van der Waals surface area contributed by atoms with Crippen molar-refractivity contribution in [2.75, 3.05) is 20.1 Å². The van der Waals surface area contributed by atoms with Crippen LogP contribution in [-0.2, 0) is 0 Å². The van der Waals surface area contributed by atoms with Gasteiger partial charge in [-0.15, -0.1) is 0 Å². The van der Waals surface area contributed by atoms with E-state index in [9.17, 15) is 9.18 Å². The van der Waals surface area contributed by atoms with Crippen molar-refractivity contribution in [3.05, 3.63) is 72.3 Å². The van der Waals surface area contributed by atoms with Crippen molar-refractivity contribution >= 4 is 16.9 Å². The Labute approximate surface area is 179 Å². The summed E-state index contributed by atoms with van der Waals surface area (Å²) in [5, 5.41) is 4.15. The van der Waals surface area contributed by atoms with Crippen molar-refractivity contribution in [1.29, 1.82) is 0 Å². The lowest BCUT2D eigenvalue weighted by Gasteiger charge is -2.16. The van der Waals surface area contributed by atoms with Crippen LogP contribution in [0.1, 0.15) is 16.9 Å². The number of nitrogens with zero attached hydrogens (tertiary/aromatic N) is 3. The van der Waals surface area contributed by atoms with Crippen LogP contribution in [-0.4, -0.2) is 51.9 Å². The average molecular weight is 415 g/mol. The molecular formula is C24H22FN5O. The lowest BCUT2D eigenvalue weighted by atomic mass is 10.1. The third kappa shape index (κ3) is 3.80. The van der Waals surface area contributed by atoms with E-state index < -0.39 is 0 Å². The highest BCUT2D eigenvalue weighted by Crippen LogP contribution is 2.27. The van der Waals surface area contributed by atoms with Crippen molar-refractivity contribution in [2.24, 2.45) is 0 Å². The number of fused-ring (bicyclic) bond motifs is 1. The number of aromatic nitrogens is 3. The van der Waals surface area contributed by atoms with Gasteiger partial charge in [-0.25, -0.2) is 14.4 Å². The normalized spacial score (nSPS) is 16.2. The lowest BCUT2D eigenvalue weighted by molar-refractivity contribution is 0.0784. The molecule has 6 nitrogen and oxygen atoms in total. The van der Waals surface area contributed by atoms with Crippen molar-refractivity contribution in [3.63, 3.8) is 0 Å². The highest BCUT2D eigenvalue weighted by molar-refractivity contribution is 5.93. The maximum absolute atomic E-state index is 13.2. The molecule has 1 saturated heterocycles. The maximum atomic E-state index is 13.2. The minimum absolute atomic E-state index is 0.0473. The molecule has 0 bridgehead atoms. The molecule has 156 valence electrons. The van der Waals surface area contributed by atoms with E-state index in [4.69, 9.17) is 0 Å². The molecule has 0 saturated carbocycles. The van der Waals surface area contributed by atoms with E-state index in [0.29, 0.717) is 24.0 Å². The Morgan fingerprint density at radius 1 is 1.16 bits per heavy atom. The van der Waals surface area contributed by atoms with Gasteiger partial charge in [-0.2, -0.15) is 0 Å². The fourth-order valence-electron chi connectivity index (χ4n) is 4.00. The number of benzene rings is 1. The molecule has 1 aliphatic rings. The van der Waals surface area contributed by atoms with E-state index >= 15 is 0 Å².